The van der Waals surface area contributed by atoms with Gasteiger partial charge in [-0.05, 0) is 105 Å². The zero-order chi connectivity index (χ0) is 36.4. The van der Waals surface area contributed by atoms with Gasteiger partial charge in [0.05, 0.1) is 38.6 Å². The topological polar surface area (TPSA) is 100 Å². The molecule has 2 N–H and O–H groups in total. The molecule has 1 atom stereocenters. The van der Waals surface area contributed by atoms with Crippen molar-refractivity contribution in [1.82, 2.24) is 29.9 Å². The SMILES string of the molecule is Cc1cc2nc3ccc4[nH]c5ccccc5c4c3nc2c(-c2ccccc2[P+](=O)c2c(C)c(C)cc3nc4ccc5[nH]c6ccccc6c5c4nc23)c1C. The molecule has 0 aliphatic heterocycles. The highest BCUT2D eigenvalue weighted by molar-refractivity contribution is 7.62. The number of hydrogen-bond donors (Lipinski definition) is 2. The summed E-state index contributed by atoms with van der Waals surface area (Å²) < 4.78 is 15.5. The van der Waals surface area contributed by atoms with Crippen molar-refractivity contribution in [1.29, 1.82) is 0 Å². The average molecular weight is 716 g/mol. The summed E-state index contributed by atoms with van der Waals surface area (Å²) in [4.78, 5) is 28.2. The van der Waals surface area contributed by atoms with Gasteiger partial charge in [-0.2, -0.15) is 0 Å². The summed E-state index contributed by atoms with van der Waals surface area (Å²) in [5.41, 5.74) is 16.4. The smallest absolute Gasteiger partial charge is 0.354 e. The monoisotopic (exact) mass is 715 g/mol. The first kappa shape index (κ1) is 31.0. The van der Waals surface area contributed by atoms with Crippen molar-refractivity contribution in [2.75, 3.05) is 0 Å². The van der Waals surface area contributed by atoms with E-state index in [-0.39, 0.29) is 0 Å². The third kappa shape index (κ3) is 4.30. The third-order valence-electron chi connectivity index (χ3n) is 11.3. The molecule has 0 bridgehead atoms. The Morgan fingerprint density at radius 3 is 1.63 bits per heavy atom. The molecule has 7 aromatic carbocycles. The van der Waals surface area contributed by atoms with E-state index in [1.165, 1.54) is 0 Å². The maximum absolute atomic E-state index is 15.5. The van der Waals surface area contributed by atoms with Crippen LogP contribution in [0, 0.1) is 27.7 Å². The highest BCUT2D eigenvalue weighted by atomic mass is 31.1. The summed E-state index contributed by atoms with van der Waals surface area (Å²) in [6.07, 6.45) is 0. The summed E-state index contributed by atoms with van der Waals surface area (Å²) in [5, 5.41) is 5.72. The summed E-state index contributed by atoms with van der Waals surface area (Å²) in [6.45, 7) is 8.35. The third-order valence-corrected chi connectivity index (χ3v) is 13.1. The maximum Gasteiger partial charge on any atom is 0.418 e. The molecule has 1 unspecified atom stereocenters. The number of H-pyrrole nitrogens is 2. The minimum absolute atomic E-state index is 0.664. The molecular weight excluding hydrogens is 684 g/mol. The fourth-order valence-corrected chi connectivity index (χ4v) is 10.1. The molecule has 0 aliphatic carbocycles. The minimum Gasteiger partial charge on any atom is -0.354 e. The van der Waals surface area contributed by atoms with Gasteiger partial charge in [0.1, 0.15) is 5.52 Å². The molecule has 4 aromatic heterocycles. The molecule has 0 spiro atoms. The van der Waals surface area contributed by atoms with Crippen LogP contribution in [0.3, 0.4) is 0 Å². The van der Waals surface area contributed by atoms with Crippen LogP contribution in [-0.4, -0.2) is 29.9 Å². The van der Waals surface area contributed by atoms with Crippen LogP contribution in [-0.2, 0) is 4.57 Å². The van der Waals surface area contributed by atoms with Gasteiger partial charge in [0.15, 0.2) is 0 Å². The van der Waals surface area contributed by atoms with Crippen LogP contribution in [0.5, 0.6) is 0 Å². The van der Waals surface area contributed by atoms with E-state index in [2.05, 4.69) is 98.3 Å². The number of nitrogens with zero attached hydrogens (tertiary/aromatic N) is 4. The van der Waals surface area contributed by atoms with Crippen molar-refractivity contribution in [3.8, 4) is 11.1 Å². The van der Waals surface area contributed by atoms with Crippen LogP contribution < -0.4 is 10.6 Å². The first-order chi connectivity index (χ1) is 26.3. The van der Waals surface area contributed by atoms with E-state index in [9.17, 15) is 0 Å². The molecule has 11 aromatic rings. The zero-order valence-electron chi connectivity index (χ0n) is 30.0. The van der Waals surface area contributed by atoms with Crippen molar-refractivity contribution in [3.63, 3.8) is 0 Å². The van der Waals surface area contributed by atoms with E-state index in [4.69, 9.17) is 19.9 Å². The average Bonchev–Trinajstić information content (AvgIpc) is 3.77. The molecule has 0 saturated heterocycles. The van der Waals surface area contributed by atoms with Crippen LogP contribution >= 0.6 is 7.80 Å². The molecule has 4 heterocycles. The van der Waals surface area contributed by atoms with Gasteiger partial charge in [0, 0.05) is 60.3 Å². The number of fused-ring (bicyclic) bond motifs is 12. The van der Waals surface area contributed by atoms with Crippen LogP contribution in [0.15, 0.2) is 109 Å². The number of nitrogens with one attached hydrogen (secondary N) is 2. The summed E-state index contributed by atoms with van der Waals surface area (Å²) in [5.74, 6) is 0. The summed E-state index contributed by atoms with van der Waals surface area (Å²) in [6, 6.07) is 37.1. The quantitative estimate of drug-likeness (QED) is 0.140. The van der Waals surface area contributed by atoms with E-state index in [0.717, 1.165) is 121 Å². The molecular formula is C46H32N6OP+. The molecule has 0 fully saturated rings. The molecule has 11 rings (SSSR count). The lowest BCUT2D eigenvalue weighted by atomic mass is 9.94. The predicted molar refractivity (Wildman–Crippen MR) is 224 cm³/mol. The van der Waals surface area contributed by atoms with Crippen molar-refractivity contribution in [3.05, 3.63) is 131 Å². The first-order valence-corrected chi connectivity index (χ1v) is 19.4. The second kappa shape index (κ2) is 11.2. The second-order valence-electron chi connectivity index (χ2n) is 14.4. The van der Waals surface area contributed by atoms with Gasteiger partial charge >= 0.3 is 7.80 Å². The summed E-state index contributed by atoms with van der Waals surface area (Å²) >= 11 is 0. The number of aromatic amines is 2. The lowest BCUT2D eigenvalue weighted by Crippen LogP contribution is -2.16. The second-order valence-corrected chi connectivity index (χ2v) is 15.9. The fraction of sp³-hybridized carbons (Fsp3) is 0.0870. The van der Waals surface area contributed by atoms with Crippen LogP contribution in [0.25, 0.3) is 98.9 Å². The molecule has 7 nitrogen and oxygen atoms in total. The van der Waals surface area contributed by atoms with Crippen molar-refractivity contribution in [2.24, 2.45) is 0 Å². The highest BCUT2D eigenvalue weighted by Crippen LogP contribution is 2.40. The minimum atomic E-state index is -2.14. The van der Waals surface area contributed by atoms with Gasteiger partial charge in [0.2, 0.25) is 10.6 Å². The molecule has 256 valence electrons. The van der Waals surface area contributed by atoms with Gasteiger partial charge in [-0.25, -0.2) is 19.9 Å². The van der Waals surface area contributed by atoms with E-state index in [1.54, 1.807) is 0 Å². The van der Waals surface area contributed by atoms with E-state index in [0.29, 0.717) is 10.8 Å². The van der Waals surface area contributed by atoms with Crippen molar-refractivity contribution < 1.29 is 4.57 Å². The largest absolute Gasteiger partial charge is 0.418 e. The number of hydrogen-bond acceptors (Lipinski definition) is 5. The Balaban J connectivity index is 1.18. The lowest BCUT2D eigenvalue weighted by Gasteiger charge is -2.14. The van der Waals surface area contributed by atoms with E-state index >= 15 is 4.57 Å². The molecule has 0 amide bonds. The number of para-hydroxylation sites is 2. The lowest BCUT2D eigenvalue weighted by molar-refractivity contribution is 0.598. The van der Waals surface area contributed by atoms with E-state index in [1.807, 2.05) is 48.5 Å². The Morgan fingerprint density at radius 2 is 1.00 bits per heavy atom. The molecule has 54 heavy (non-hydrogen) atoms. The van der Waals surface area contributed by atoms with Gasteiger partial charge in [0.25, 0.3) is 0 Å². The Morgan fingerprint density at radius 1 is 0.481 bits per heavy atom. The standard InChI is InChI=1S/C46H32N6OP/c1-23-21-36-44(51-42-34(49-36)19-17-32-40(42)27-11-5-8-14-30(27)47-32)39(25(23)3)29-13-7-10-16-38(29)54(53)46-26(4)24(2)22-37-45(46)52-43-35(50-37)20-18-33-41(43)28-12-6-9-15-31(28)48-33/h5-22,47-48H,1-4H3/q+1. The Kier molecular flexibility index (Phi) is 6.44. The number of aromatic nitrogens is 6. The van der Waals surface area contributed by atoms with Gasteiger partial charge in [-0.1, -0.05) is 53.1 Å². The van der Waals surface area contributed by atoms with E-state index < -0.39 is 7.80 Å². The number of aryl methyl sites for hydroxylation is 2. The van der Waals surface area contributed by atoms with Crippen LogP contribution in [0.1, 0.15) is 22.3 Å². The normalized spacial score (nSPS) is 12.5. The maximum atomic E-state index is 15.5. The number of benzene rings is 7. The van der Waals surface area contributed by atoms with Gasteiger partial charge < -0.3 is 9.97 Å². The van der Waals surface area contributed by atoms with Crippen molar-refractivity contribution in [2.45, 2.75) is 27.7 Å². The van der Waals surface area contributed by atoms with Crippen LogP contribution in [0.4, 0.5) is 0 Å². The summed E-state index contributed by atoms with van der Waals surface area (Å²) in [7, 11) is -2.14. The highest BCUT2D eigenvalue weighted by Gasteiger charge is 2.35. The molecule has 0 aliphatic rings. The van der Waals surface area contributed by atoms with Crippen molar-refractivity contribution >= 4 is 106 Å². The van der Waals surface area contributed by atoms with Crippen LogP contribution in [0.2, 0.25) is 0 Å². The molecule has 0 radical (unpaired) electrons. The van der Waals surface area contributed by atoms with Gasteiger partial charge in [-0.3, -0.25) is 0 Å². The first-order valence-electron chi connectivity index (χ1n) is 18.1. The Bertz CT molecular complexity index is 3470. The molecule has 0 saturated carbocycles. The Hall–Kier alpha value is -6.56. The zero-order valence-corrected chi connectivity index (χ0v) is 30.9. The van der Waals surface area contributed by atoms with Gasteiger partial charge in [-0.15, -0.1) is 0 Å². The molecule has 8 heteroatoms. The number of rotatable bonds is 3. The Labute approximate surface area is 309 Å². The predicted octanol–water partition coefficient (Wildman–Crippen LogP) is 10.8. The fourth-order valence-electron chi connectivity index (χ4n) is 8.42.